The molecule has 0 aliphatic carbocycles. The Labute approximate surface area is 87.3 Å². The Morgan fingerprint density at radius 1 is 1.31 bits per heavy atom. The molecule has 0 fully saturated rings. The van der Waals surface area contributed by atoms with Gasteiger partial charge in [-0.3, -0.25) is 0 Å². The number of hydrogen-bond donors (Lipinski definition) is 0. The fourth-order valence-electron chi connectivity index (χ4n) is 0.937. The first-order chi connectivity index (χ1) is 5.88. The Kier molecular flexibility index (Phi) is 3.30. The van der Waals surface area contributed by atoms with Crippen molar-refractivity contribution in [2.75, 3.05) is 0 Å². The van der Waals surface area contributed by atoms with Gasteiger partial charge < -0.3 is 12.9 Å². The van der Waals surface area contributed by atoms with Gasteiger partial charge in [-0.15, -0.1) is 0 Å². The summed E-state index contributed by atoms with van der Waals surface area (Å²) in [4.78, 5) is 0. The molecule has 0 N–H and O–H groups in total. The maximum Gasteiger partial charge on any atom is 0.482 e. The van der Waals surface area contributed by atoms with Gasteiger partial charge in [0.2, 0.25) is 0 Å². The maximum absolute atomic E-state index is 12.0. The molecule has 0 aliphatic heterocycles. The molecule has 0 nitrogen and oxygen atoms in total. The van der Waals surface area contributed by atoms with Crippen LogP contribution in [0.1, 0.15) is 5.56 Å². The molecule has 0 unspecified atom stereocenters. The molecule has 0 aromatic heterocycles. The second-order valence-electron chi connectivity index (χ2n) is 2.65. The van der Waals surface area contributed by atoms with Gasteiger partial charge >= 0.3 is 6.98 Å². The summed E-state index contributed by atoms with van der Waals surface area (Å²) in [5, 5.41) is 0.147. The average molecular weight is 272 g/mol. The standard InChI is InChI=1S/C7H5BBrClF3/c9-6-2-1-5(7(10)3-6)4-8(11,12)13/h1-3H,4H2/q-1. The molecule has 1 rings (SSSR count). The molecular weight excluding hydrogens is 267 g/mol. The van der Waals surface area contributed by atoms with Crippen molar-refractivity contribution >= 4 is 34.5 Å². The summed E-state index contributed by atoms with van der Waals surface area (Å²) >= 11 is 8.73. The van der Waals surface area contributed by atoms with Gasteiger partial charge in [0.25, 0.3) is 0 Å². The minimum Gasteiger partial charge on any atom is -0.449 e. The van der Waals surface area contributed by atoms with E-state index < -0.39 is 13.3 Å². The molecular formula is C7H5BBrClF3-. The van der Waals surface area contributed by atoms with Crippen LogP contribution in [0.25, 0.3) is 0 Å². The van der Waals surface area contributed by atoms with Crippen LogP contribution in [0, 0.1) is 0 Å². The molecule has 0 amide bonds. The first-order valence-electron chi connectivity index (χ1n) is 3.53. The zero-order valence-electron chi connectivity index (χ0n) is 6.41. The van der Waals surface area contributed by atoms with Gasteiger partial charge in [0, 0.05) is 9.50 Å². The number of benzene rings is 1. The quantitative estimate of drug-likeness (QED) is 0.713. The Morgan fingerprint density at radius 2 is 1.92 bits per heavy atom. The van der Waals surface area contributed by atoms with Gasteiger partial charge in [0.15, 0.2) is 0 Å². The third-order valence-corrected chi connectivity index (χ3v) is 2.31. The van der Waals surface area contributed by atoms with Crippen LogP contribution in [0.5, 0.6) is 0 Å². The van der Waals surface area contributed by atoms with Gasteiger partial charge in [-0.25, -0.2) is 0 Å². The highest BCUT2D eigenvalue weighted by molar-refractivity contribution is 9.10. The van der Waals surface area contributed by atoms with Gasteiger partial charge in [0.05, 0.1) is 0 Å². The van der Waals surface area contributed by atoms with Crippen molar-refractivity contribution in [1.82, 2.24) is 0 Å². The van der Waals surface area contributed by atoms with Crippen molar-refractivity contribution < 1.29 is 12.9 Å². The molecule has 0 radical (unpaired) electrons. The molecule has 13 heavy (non-hydrogen) atoms. The summed E-state index contributed by atoms with van der Waals surface area (Å²) in [6.45, 7) is -4.81. The predicted octanol–water partition coefficient (Wildman–Crippen LogP) is 4.03. The summed E-state index contributed by atoms with van der Waals surface area (Å²) in [6, 6.07) is 4.38. The van der Waals surface area contributed by atoms with Crippen LogP contribution in [0.2, 0.25) is 5.02 Å². The van der Waals surface area contributed by atoms with Crippen molar-refractivity contribution in [3.05, 3.63) is 33.3 Å². The van der Waals surface area contributed by atoms with Gasteiger partial charge in [0.1, 0.15) is 0 Å². The lowest BCUT2D eigenvalue weighted by molar-refractivity contribution is 0.468. The van der Waals surface area contributed by atoms with Crippen LogP contribution < -0.4 is 0 Å². The normalized spacial score (nSPS) is 11.8. The van der Waals surface area contributed by atoms with E-state index in [-0.39, 0.29) is 10.6 Å². The number of rotatable bonds is 2. The van der Waals surface area contributed by atoms with Crippen molar-refractivity contribution in [3.63, 3.8) is 0 Å². The predicted molar refractivity (Wildman–Crippen MR) is 51.9 cm³/mol. The molecule has 0 spiro atoms. The molecule has 72 valence electrons. The zero-order chi connectivity index (χ0) is 10.1. The van der Waals surface area contributed by atoms with Crippen LogP contribution in [-0.2, 0) is 6.32 Å². The third-order valence-electron chi connectivity index (χ3n) is 1.47. The van der Waals surface area contributed by atoms with Gasteiger partial charge in [-0.2, -0.15) is 0 Å². The topological polar surface area (TPSA) is 0 Å². The van der Waals surface area contributed by atoms with E-state index >= 15 is 0 Å². The molecule has 1 aromatic carbocycles. The monoisotopic (exact) mass is 271 g/mol. The molecule has 0 saturated heterocycles. The minimum atomic E-state index is -4.81. The lowest BCUT2D eigenvalue weighted by Gasteiger charge is -2.14. The van der Waals surface area contributed by atoms with Crippen LogP contribution in [0.3, 0.4) is 0 Å². The fourth-order valence-corrected chi connectivity index (χ4v) is 1.69. The third kappa shape index (κ3) is 3.61. The average Bonchev–Trinajstić information content (AvgIpc) is 1.93. The highest BCUT2D eigenvalue weighted by Gasteiger charge is 2.24. The van der Waals surface area contributed by atoms with E-state index in [2.05, 4.69) is 15.9 Å². The minimum absolute atomic E-state index is 0.123. The van der Waals surface area contributed by atoms with E-state index in [0.29, 0.717) is 4.47 Å². The molecule has 0 bridgehead atoms. The Hall–Kier alpha value is -0.155. The Morgan fingerprint density at radius 3 is 2.38 bits per heavy atom. The van der Waals surface area contributed by atoms with Crippen LogP contribution in [0.4, 0.5) is 12.9 Å². The van der Waals surface area contributed by atoms with E-state index in [1.165, 1.54) is 12.1 Å². The molecule has 0 heterocycles. The first kappa shape index (κ1) is 10.9. The molecule has 6 heteroatoms. The van der Waals surface area contributed by atoms with Crippen molar-refractivity contribution in [1.29, 1.82) is 0 Å². The summed E-state index contributed by atoms with van der Waals surface area (Å²) in [7, 11) is 0. The van der Waals surface area contributed by atoms with Crippen LogP contribution in [-0.4, -0.2) is 6.98 Å². The van der Waals surface area contributed by atoms with Crippen molar-refractivity contribution in [2.24, 2.45) is 0 Å². The second kappa shape index (κ2) is 3.92. The summed E-state index contributed by atoms with van der Waals surface area (Å²) in [6.07, 6.45) is -0.924. The van der Waals surface area contributed by atoms with Crippen LogP contribution in [0.15, 0.2) is 22.7 Å². The summed E-state index contributed by atoms with van der Waals surface area (Å²) in [5.41, 5.74) is 0.123. The molecule has 1 aromatic rings. The lowest BCUT2D eigenvalue weighted by Crippen LogP contribution is -2.19. The smallest absolute Gasteiger partial charge is 0.449 e. The van der Waals surface area contributed by atoms with Gasteiger partial charge in [-0.1, -0.05) is 45.5 Å². The Balaban J connectivity index is 2.90. The second-order valence-corrected chi connectivity index (χ2v) is 3.97. The van der Waals surface area contributed by atoms with Crippen molar-refractivity contribution in [2.45, 2.75) is 6.32 Å². The van der Waals surface area contributed by atoms with E-state index in [1.54, 1.807) is 6.07 Å². The summed E-state index contributed by atoms with van der Waals surface area (Å²) in [5.74, 6) is 0. The number of halogens is 5. The largest absolute Gasteiger partial charge is 0.482 e. The SMILES string of the molecule is F[B-](F)(F)Cc1ccc(Br)cc1Cl. The highest BCUT2D eigenvalue weighted by Crippen LogP contribution is 2.25. The van der Waals surface area contributed by atoms with E-state index in [1.807, 2.05) is 0 Å². The van der Waals surface area contributed by atoms with E-state index in [9.17, 15) is 12.9 Å². The lowest BCUT2D eigenvalue weighted by atomic mass is 9.82. The first-order valence-corrected chi connectivity index (χ1v) is 4.70. The molecule has 0 aliphatic rings. The molecule has 0 atom stereocenters. The maximum atomic E-state index is 12.0. The molecule has 0 saturated carbocycles. The highest BCUT2D eigenvalue weighted by atomic mass is 79.9. The van der Waals surface area contributed by atoms with Crippen molar-refractivity contribution in [3.8, 4) is 0 Å². The zero-order valence-corrected chi connectivity index (χ0v) is 8.75. The number of hydrogen-bond acceptors (Lipinski definition) is 0. The summed E-state index contributed by atoms with van der Waals surface area (Å²) < 4.78 is 36.7. The van der Waals surface area contributed by atoms with Gasteiger partial charge in [-0.05, 0) is 12.1 Å². The Bertz CT molecular complexity index is 313. The van der Waals surface area contributed by atoms with Crippen LogP contribution >= 0.6 is 27.5 Å². The van der Waals surface area contributed by atoms with E-state index in [0.717, 1.165) is 0 Å². The van der Waals surface area contributed by atoms with E-state index in [4.69, 9.17) is 11.6 Å². The fraction of sp³-hybridized carbons (Fsp3) is 0.143.